The SMILES string of the molecule is OC(CBr)COC(Br)(Oc1cccc(-c2ccccc2)c1)C(Br)(Br)C(O)(Br)Br. The Balaban J connectivity index is 2.37. The Labute approximate surface area is 214 Å². The maximum atomic E-state index is 10.5. The minimum Gasteiger partial charge on any atom is -0.450 e. The molecule has 0 heterocycles. The van der Waals surface area contributed by atoms with Crippen molar-refractivity contribution in [2.45, 2.75) is 17.5 Å². The fourth-order valence-electron chi connectivity index (χ4n) is 2.13. The average Bonchev–Trinajstić information content (AvgIpc) is 2.66. The van der Waals surface area contributed by atoms with E-state index in [0.717, 1.165) is 11.1 Å². The number of aliphatic hydroxyl groups is 2. The number of halogens is 6. The molecule has 0 aliphatic carbocycles. The number of benzene rings is 2. The molecule has 0 fully saturated rings. The van der Waals surface area contributed by atoms with E-state index in [2.05, 4.69) is 95.6 Å². The molecule has 2 aromatic carbocycles. The summed E-state index contributed by atoms with van der Waals surface area (Å²) in [5.41, 5.74) is 1.99. The van der Waals surface area contributed by atoms with Crippen LogP contribution in [0.15, 0.2) is 54.6 Å². The van der Waals surface area contributed by atoms with Gasteiger partial charge in [-0.3, -0.25) is 0 Å². The first-order chi connectivity index (χ1) is 13.0. The third-order valence-electron chi connectivity index (χ3n) is 3.58. The normalized spacial score (nSPS) is 15.7. The molecule has 0 aliphatic heterocycles. The highest BCUT2D eigenvalue weighted by molar-refractivity contribution is 9.30. The third kappa shape index (κ3) is 6.26. The molecule has 0 saturated heterocycles. The van der Waals surface area contributed by atoms with E-state index in [9.17, 15) is 10.2 Å². The summed E-state index contributed by atoms with van der Waals surface area (Å²) in [4.78, 5) is 0. The van der Waals surface area contributed by atoms with E-state index in [0.29, 0.717) is 11.1 Å². The van der Waals surface area contributed by atoms with Crippen LogP contribution in [-0.2, 0) is 4.74 Å². The molecule has 2 rings (SSSR count). The van der Waals surface area contributed by atoms with Crippen LogP contribution in [0, 0.1) is 0 Å². The summed E-state index contributed by atoms with van der Waals surface area (Å²) >= 11 is 19.7. The van der Waals surface area contributed by atoms with Gasteiger partial charge in [-0.2, -0.15) is 0 Å². The van der Waals surface area contributed by atoms with Gasteiger partial charge >= 0.3 is 0 Å². The standard InChI is InChI=1S/C18H16Br6O4/c19-10-14(25)11-27-18(24,16(20,21)17(22,23)26)28-15-8-4-7-13(9-15)12-5-2-1-3-6-12/h1-9,14,25-26H,10-11H2. The van der Waals surface area contributed by atoms with Crippen molar-refractivity contribution in [2.24, 2.45) is 0 Å². The van der Waals surface area contributed by atoms with Crippen molar-refractivity contribution in [2.75, 3.05) is 11.9 Å². The first-order valence-electron chi connectivity index (χ1n) is 7.89. The molecule has 154 valence electrons. The van der Waals surface area contributed by atoms with Crippen LogP contribution in [0.1, 0.15) is 0 Å². The van der Waals surface area contributed by atoms with E-state index < -0.39 is 17.5 Å². The zero-order chi connectivity index (χ0) is 21.0. The van der Waals surface area contributed by atoms with Gasteiger partial charge in [0.2, 0.25) is 6.65 Å². The monoisotopic (exact) mass is 770 g/mol. The summed E-state index contributed by atoms with van der Waals surface area (Å²) in [6, 6.07) is 17.3. The lowest BCUT2D eigenvalue weighted by atomic mass is 10.1. The van der Waals surface area contributed by atoms with Gasteiger partial charge in [-0.1, -0.05) is 90.3 Å². The number of hydrogen-bond acceptors (Lipinski definition) is 4. The van der Waals surface area contributed by atoms with E-state index in [1.54, 1.807) is 6.07 Å². The van der Waals surface area contributed by atoms with Gasteiger partial charge in [0.1, 0.15) is 5.75 Å². The summed E-state index contributed by atoms with van der Waals surface area (Å²) in [6.45, 7) is -0.0656. The maximum Gasteiger partial charge on any atom is 0.298 e. The summed E-state index contributed by atoms with van der Waals surface area (Å²) in [7, 11) is 0. The summed E-state index contributed by atoms with van der Waals surface area (Å²) in [6.07, 6.45) is -0.772. The van der Waals surface area contributed by atoms with Gasteiger partial charge in [0.25, 0.3) is 4.70 Å². The summed E-state index contributed by atoms with van der Waals surface area (Å²) < 4.78 is 7.22. The van der Waals surface area contributed by atoms with E-state index in [1.165, 1.54) is 0 Å². The predicted octanol–water partition coefficient (Wildman–Crippen LogP) is 6.48. The predicted molar refractivity (Wildman–Crippen MR) is 133 cm³/mol. The van der Waals surface area contributed by atoms with Crippen LogP contribution in [0.4, 0.5) is 0 Å². The molecule has 10 heteroatoms. The molecule has 0 bridgehead atoms. The molecule has 0 aliphatic rings. The van der Waals surface area contributed by atoms with Crippen LogP contribution >= 0.6 is 95.6 Å². The molecule has 2 N–H and O–H groups in total. The van der Waals surface area contributed by atoms with Crippen LogP contribution in [0.5, 0.6) is 5.75 Å². The molecule has 0 radical (unpaired) electrons. The quantitative estimate of drug-likeness (QED) is 0.227. The molecular weight excluding hydrogens is 760 g/mol. The van der Waals surface area contributed by atoms with E-state index in [-0.39, 0.29) is 6.61 Å². The number of hydrogen-bond donors (Lipinski definition) is 2. The Morgan fingerprint density at radius 2 is 1.50 bits per heavy atom. The zero-order valence-corrected chi connectivity index (χ0v) is 23.7. The second-order valence-electron chi connectivity index (χ2n) is 5.77. The van der Waals surface area contributed by atoms with Gasteiger partial charge in [0, 0.05) is 5.33 Å². The fraction of sp³-hybridized carbons (Fsp3) is 0.333. The Kier molecular flexibility index (Phi) is 9.51. The second kappa shape index (κ2) is 10.5. The minimum absolute atomic E-state index is 0.0656. The zero-order valence-electron chi connectivity index (χ0n) is 14.2. The average molecular weight is 776 g/mol. The number of rotatable bonds is 9. The highest BCUT2D eigenvalue weighted by Crippen LogP contribution is 2.57. The van der Waals surface area contributed by atoms with Crippen molar-refractivity contribution < 1.29 is 19.7 Å². The molecule has 0 amide bonds. The van der Waals surface area contributed by atoms with Crippen molar-refractivity contribution in [3.63, 3.8) is 0 Å². The lowest BCUT2D eigenvalue weighted by molar-refractivity contribution is -0.135. The largest absolute Gasteiger partial charge is 0.450 e. The first kappa shape index (κ1) is 25.3. The highest BCUT2D eigenvalue weighted by Gasteiger charge is 2.62. The summed E-state index contributed by atoms with van der Waals surface area (Å²) in [5.74, 6) is 0.485. The van der Waals surface area contributed by atoms with Crippen LogP contribution in [0.2, 0.25) is 0 Å². The van der Waals surface area contributed by atoms with Gasteiger partial charge in [-0.15, -0.1) is 0 Å². The molecule has 0 saturated carbocycles. The minimum atomic E-state index is -1.67. The molecule has 2 atom stereocenters. The van der Waals surface area contributed by atoms with Crippen LogP contribution in [0.25, 0.3) is 11.1 Å². The molecule has 0 spiro atoms. The lowest BCUT2D eigenvalue weighted by Crippen LogP contribution is -2.57. The van der Waals surface area contributed by atoms with Gasteiger partial charge in [0.15, 0.2) is 0 Å². The van der Waals surface area contributed by atoms with Crippen molar-refractivity contribution in [1.82, 2.24) is 0 Å². The Hall–Kier alpha value is 1.000. The van der Waals surface area contributed by atoms with Crippen molar-refractivity contribution >= 4 is 95.6 Å². The Morgan fingerprint density at radius 1 is 0.893 bits per heavy atom. The Morgan fingerprint density at radius 3 is 2.07 bits per heavy atom. The molecule has 2 unspecified atom stereocenters. The second-order valence-corrected chi connectivity index (χ2v) is 14.3. The van der Waals surface area contributed by atoms with Gasteiger partial charge in [-0.25, -0.2) is 0 Å². The van der Waals surface area contributed by atoms with Gasteiger partial charge < -0.3 is 19.7 Å². The van der Waals surface area contributed by atoms with E-state index >= 15 is 0 Å². The third-order valence-corrected chi connectivity index (χ3v) is 11.9. The van der Waals surface area contributed by atoms with E-state index in [1.807, 2.05) is 48.5 Å². The summed E-state index contributed by atoms with van der Waals surface area (Å²) in [5, 5.41) is 20.7. The smallest absolute Gasteiger partial charge is 0.298 e. The molecule has 0 aromatic heterocycles. The Bertz CT molecular complexity index is 768. The van der Waals surface area contributed by atoms with Gasteiger partial charge in [0.05, 0.1) is 12.7 Å². The molecule has 4 nitrogen and oxygen atoms in total. The molecular formula is C18H16Br6O4. The first-order valence-corrected chi connectivity index (χ1v) is 13.0. The van der Waals surface area contributed by atoms with Crippen molar-refractivity contribution in [3.8, 4) is 16.9 Å². The highest BCUT2D eigenvalue weighted by atomic mass is 79.9. The van der Waals surface area contributed by atoms with Crippen LogP contribution < -0.4 is 4.74 Å². The lowest BCUT2D eigenvalue weighted by Gasteiger charge is -2.42. The van der Waals surface area contributed by atoms with Crippen molar-refractivity contribution in [1.29, 1.82) is 0 Å². The van der Waals surface area contributed by atoms with E-state index in [4.69, 9.17) is 9.47 Å². The maximum absolute atomic E-state index is 10.5. The number of alkyl halides is 6. The van der Waals surface area contributed by atoms with Gasteiger partial charge in [-0.05, 0) is 71.0 Å². The molecule has 28 heavy (non-hydrogen) atoms. The number of ether oxygens (including phenoxy) is 2. The fourth-order valence-corrected chi connectivity index (χ4v) is 4.37. The van der Waals surface area contributed by atoms with Crippen LogP contribution in [0.3, 0.4) is 0 Å². The number of aliphatic hydroxyl groups excluding tert-OH is 1. The topological polar surface area (TPSA) is 58.9 Å². The van der Waals surface area contributed by atoms with Crippen molar-refractivity contribution in [3.05, 3.63) is 54.6 Å². The van der Waals surface area contributed by atoms with Crippen LogP contribution in [-0.4, -0.2) is 39.6 Å². The molecule has 2 aromatic rings.